The highest BCUT2D eigenvalue weighted by Gasteiger charge is 2.25. The third-order valence-electron chi connectivity index (χ3n) is 3.22. The second-order valence-corrected chi connectivity index (χ2v) is 4.46. The summed E-state index contributed by atoms with van der Waals surface area (Å²) in [5.74, 6) is 0. The largest absolute Gasteiger partial charge is 0.269 e. The van der Waals surface area contributed by atoms with E-state index in [-0.39, 0.29) is 11.7 Å². The van der Waals surface area contributed by atoms with Crippen molar-refractivity contribution in [3.8, 4) is 0 Å². The van der Waals surface area contributed by atoms with Crippen LogP contribution in [0.1, 0.15) is 11.6 Å². The Bertz CT molecular complexity index is 640. The minimum Gasteiger partial charge on any atom is -0.258 e. The van der Waals surface area contributed by atoms with E-state index in [2.05, 4.69) is 10.3 Å². The summed E-state index contributed by atoms with van der Waals surface area (Å²) < 4.78 is 0. The van der Waals surface area contributed by atoms with Gasteiger partial charge in [-0.15, -0.1) is 0 Å². The highest BCUT2D eigenvalue weighted by Crippen LogP contribution is 2.32. The number of nitrogens with zero attached hydrogens (tertiary/aromatic N) is 4. The molecule has 3 rings (SSSR count). The molecule has 2 aromatic carbocycles. The summed E-state index contributed by atoms with van der Waals surface area (Å²) in [7, 11) is 0. The zero-order valence-corrected chi connectivity index (χ0v) is 10.6. The van der Waals surface area contributed by atoms with E-state index in [0.717, 1.165) is 11.3 Å². The predicted molar refractivity (Wildman–Crippen MR) is 74.5 cm³/mol. The standard InChI is InChI=1S/C14H12N4O2/c19-18(20)13-8-6-12(7-9-13)17-14(10-15-16-17)11-4-2-1-3-5-11/h1-9,14H,10H2/t14-/m0/s1. The van der Waals surface area contributed by atoms with E-state index >= 15 is 0 Å². The van der Waals surface area contributed by atoms with Crippen molar-refractivity contribution in [3.63, 3.8) is 0 Å². The molecule has 1 atom stereocenters. The molecule has 0 aliphatic carbocycles. The highest BCUT2D eigenvalue weighted by molar-refractivity contribution is 5.52. The van der Waals surface area contributed by atoms with Crippen LogP contribution < -0.4 is 5.01 Å². The molecule has 0 amide bonds. The molecule has 6 nitrogen and oxygen atoms in total. The van der Waals surface area contributed by atoms with E-state index in [4.69, 9.17) is 0 Å². The van der Waals surface area contributed by atoms with E-state index < -0.39 is 4.92 Å². The molecule has 100 valence electrons. The van der Waals surface area contributed by atoms with Gasteiger partial charge >= 0.3 is 0 Å². The predicted octanol–water partition coefficient (Wildman–Crippen LogP) is 3.52. The van der Waals surface area contributed by atoms with Gasteiger partial charge in [-0.3, -0.25) is 10.1 Å². The van der Waals surface area contributed by atoms with Gasteiger partial charge in [-0.05, 0) is 17.7 Å². The Balaban J connectivity index is 1.88. The van der Waals surface area contributed by atoms with Gasteiger partial charge in [0.2, 0.25) is 0 Å². The Hall–Kier alpha value is -2.76. The van der Waals surface area contributed by atoms with Gasteiger partial charge in [-0.2, -0.15) is 5.11 Å². The van der Waals surface area contributed by atoms with Crippen molar-refractivity contribution in [2.75, 3.05) is 11.6 Å². The molecule has 2 aromatic rings. The van der Waals surface area contributed by atoms with Gasteiger partial charge in [0.25, 0.3) is 5.69 Å². The second-order valence-electron chi connectivity index (χ2n) is 4.46. The maximum absolute atomic E-state index is 10.7. The van der Waals surface area contributed by atoms with Gasteiger partial charge in [0.15, 0.2) is 0 Å². The summed E-state index contributed by atoms with van der Waals surface area (Å²) in [5, 5.41) is 20.7. The number of benzene rings is 2. The van der Waals surface area contributed by atoms with Crippen LogP contribution in [0, 0.1) is 10.1 Å². The molecule has 6 heteroatoms. The SMILES string of the molecule is O=[N+]([O-])c1ccc(N2N=NC[C@H]2c2ccccc2)cc1. The van der Waals surface area contributed by atoms with E-state index in [9.17, 15) is 10.1 Å². The first kappa shape index (κ1) is 12.3. The van der Waals surface area contributed by atoms with Crippen LogP contribution in [-0.4, -0.2) is 11.5 Å². The summed E-state index contributed by atoms with van der Waals surface area (Å²) in [5.41, 5.74) is 1.99. The van der Waals surface area contributed by atoms with Crippen molar-refractivity contribution < 1.29 is 4.92 Å². The molecule has 1 aliphatic heterocycles. The molecular weight excluding hydrogens is 256 g/mol. The van der Waals surface area contributed by atoms with Crippen LogP contribution in [0.3, 0.4) is 0 Å². The van der Waals surface area contributed by atoms with Crippen molar-refractivity contribution in [2.45, 2.75) is 6.04 Å². The maximum Gasteiger partial charge on any atom is 0.269 e. The number of hydrogen-bond acceptors (Lipinski definition) is 5. The zero-order chi connectivity index (χ0) is 13.9. The van der Waals surface area contributed by atoms with Crippen LogP contribution in [0.5, 0.6) is 0 Å². The molecule has 1 heterocycles. The molecule has 0 saturated heterocycles. The fourth-order valence-electron chi connectivity index (χ4n) is 2.20. The van der Waals surface area contributed by atoms with Gasteiger partial charge < -0.3 is 0 Å². The Morgan fingerprint density at radius 3 is 2.45 bits per heavy atom. The summed E-state index contributed by atoms with van der Waals surface area (Å²) in [6.45, 7) is 0.584. The minimum absolute atomic E-state index is 0.0395. The first-order chi connectivity index (χ1) is 9.75. The van der Waals surface area contributed by atoms with Gasteiger partial charge in [0, 0.05) is 12.1 Å². The molecule has 0 bridgehead atoms. The molecule has 0 N–H and O–H groups in total. The van der Waals surface area contributed by atoms with E-state index in [0.29, 0.717) is 6.54 Å². The first-order valence-electron chi connectivity index (χ1n) is 6.22. The van der Waals surface area contributed by atoms with Gasteiger partial charge in [-0.1, -0.05) is 35.6 Å². The number of nitro benzene ring substituents is 1. The average Bonchev–Trinajstić information content (AvgIpc) is 2.97. The van der Waals surface area contributed by atoms with Crippen LogP contribution in [-0.2, 0) is 0 Å². The lowest BCUT2D eigenvalue weighted by Crippen LogP contribution is -2.20. The second kappa shape index (κ2) is 5.08. The number of hydrogen-bond donors (Lipinski definition) is 0. The molecular formula is C14H12N4O2. The van der Waals surface area contributed by atoms with E-state index in [1.54, 1.807) is 17.1 Å². The molecule has 0 saturated carbocycles. The zero-order valence-electron chi connectivity index (χ0n) is 10.6. The lowest BCUT2D eigenvalue weighted by molar-refractivity contribution is -0.384. The van der Waals surface area contributed by atoms with Crippen molar-refractivity contribution in [1.82, 2.24) is 0 Å². The number of nitro groups is 1. The first-order valence-corrected chi connectivity index (χ1v) is 6.22. The molecule has 0 unspecified atom stereocenters. The Morgan fingerprint density at radius 2 is 1.80 bits per heavy atom. The fourth-order valence-corrected chi connectivity index (χ4v) is 2.20. The lowest BCUT2D eigenvalue weighted by atomic mass is 10.1. The van der Waals surface area contributed by atoms with Crippen LogP contribution in [0.15, 0.2) is 64.9 Å². The van der Waals surface area contributed by atoms with Crippen LogP contribution in [0.4, 0.5) is 11.4 Å². The van der Waals surface area contributed by atoms with Gasteiger partial charge in [-0.25, -0.2) is 5.01 Å². The van der Waals surface area contributed by atoms with Crippen molar-refractivity contribution in [2.24, 2.45) is 10.3 Å². The molecule has 0 fully saturated rings. The molecule has 0 spiro atoms. The molecule has 20 heavy (non-hydrogen) atoms. The lowest BCUT2D eigenvalue weighted by Gasteiger charge is -2.21. The van der Waals surface area contributed by atoms with Crippen LogP contribution in [0.2, 0.25) is 0 Å². The summed E-state index contributed by atoms with van der Waals surface area (Å²) in [6, 6.07) is 16.3. The normalized spacial score (nSPS) is 17.4. The third-order valence-corrected chi connectivity index (χ3v) is 3.22. The molecule has 0 radical (unpaired) electrons. The van der Waals surface area contributed by atoms with Gasteiger partial charge in [0.05, 0.1) is 17.2 Å². The highest BCUT2D eigenvalue weighted by atomic mass is 16.6. The summed E-state index contributed by atoms with van der Waals surface area (Å²) >= 11 is 0. The average molecular weight is 268 g/mol. The monoisotopic (exact) mass is 268 g/mol. The van der Waals surface area contributed by atoms with E-state index in [1.807, 2.05) is 30.3 Å². The van der Waals surface area contributed by atoms with Crippen molar-refractivity contribution >= 4 is 11.4 Å². The minimum atomic E-state index is -0.413. The van der Waals surface area contributed by atoms with Crippen molar-refractivity contribution in [3.05, 3.63) is 70.3 Å². The van der Waals surface area contributed by atoms with E-state index in [1.165, 1.54) is 12.1 Å². The Kier molecular flexibility index (Phi) is 3.12. The Morgan fingerprint density at radius 1 is 1.10 bits per heavy atom. The number of anilines is 1. The topological polar surface area (TPSA) is 71.1 Å². The van der Waals surface area contributed by atoms with Gasteiger partial charge in [0.1, 0.15) is 6.04 Å². The maximum atomic E-state index is 10.7. The fraction of sp³-hybridized carbons (Fsp3) is 0.143. The molecule has 1 aliphatic rings. The summed E-state index contributed by atoms with van der Waals surface area (Å²) in [6.07, 6.45) is 0. The van der Waals surface area contributed by atoms with Crippen molar-refractivity contribution in [1.29, 1.82) is 0 Å². The molecule has 0 aromatic heterocycles. The smallest absolute Gasteiger partial charge is 0.258 e. The van der Waals surface area contributed by atoms with Crippen LogP contribution >= 0.6 is 0 Å². The third kappa shape index (κ3) is 2.23. The Labute approximate surface area is 115 Å². The quantitative estimate of drug-likeness (QED) is 0.631. The number of non-ortho nitro benzene ring substituents is 1. The number of rotatable bonds is 3. The summed E-state index contributed by atoms with van der Waals surface area (Å²) in [4.78, 5) is 10.3. The van der Waals surface area contributed by atoms with Crippen LogP contribution in [0.25, 0.3) is 0 Å².